The van der Waals surface area contributed by atoms with E-state index >= 15 is 0 Å². The van der Waals surface area contributed by atoms with Gasteiger partial charge in [0.05, 0.1) is 25.1 Å². The molecule has 1 aliphatic rings. The summed E-state index contributed by atoms with van der Waals surface area (Å²) in [6.07, 6.45) is 4.36. The highest BCUT2D eigenvalue weighted by atomic mass is 16.5. The fourth-order valence-corrected chi connectivity index (χ4v) is 3.49. The molecule has 146 valence electrons. The van der Waals surface area contributed by atoms with Gasteiger partial charge in [-0.1, -0.05) is 19.1 Å². The number of ether oxygens (including phenoxy) is 1. The van der Waals surface area contributed by atoms with Gasteiger partial charge in [0.25, 0.3) is 0 Å². The van der Waals surface area contributed by atoms with Crippen molar-refractivity contribution in [3.63, 3.8) is 0 Å². The number of hydrogen-bond donors (Lipinski definition) is 2. The number of nitrogens with two attached hydrogens (primary N) is 2. The van der Waals surface area contributed by atoms with E-state index in [-0.39, 0.29) is 6.04 Å². The number of hydrogen-bond acceptors (Lipinski definition) is 6. The van der Waals surface area contributed by atoms with Gasteiger partial charge in [0, 0.05) is 30.4 Å². The number of rotatable bonds is 5. The van der Waals surface area contributed by atoms with Gasteiger partial charge in [-0.2, -0.15) is 4.98 Å². The molecule has 0 amide bonds. The molecule has 1 fully saturated rings. The summed E-state index contributed by atoms with van der Waals surface area (Å²) >= 11 is 0. The molecule has 4 rings (SSSR count). The van der Waals surface area contributed by atoms with Crippen molar-refractivity contribution in [2.75, 3.05) is 36.9 Å². The average molecular weight is 380 g/mol. The van der Waals surface area contributed by atoms with Crippen LogP contribution in [0.15, 0.2) is 24.5 Å². The van der Waals surface area contributed by atoms with E-state index in [0.29, 0.717) is 24.8 Å². The Morgan fingerprint density at radius 2 is 2.07 bits per heavy atom. The zero-order valence-electron chi connectivity index (χ0n) is 16.3. The normalized spacial score (nSPS) is 15.7. The van der Waals surface area contributed by atoms with Crippen LogP contribution in [0.3, 0.4) is 0 Å². The predicted molar refractivity (Wildman–Crippen MR) is 110 cm³/mol. The number of anilines is 2. The molecule has 8 nitrogen and oxygen atoms in total. The summed E-state index contributed by atoms with van der Waals surface area (Å²) in [6.45, 7) is 7.17. The van der Waals surface area contributed by atoms with E-state index in [1.54, 1.807) is 0 Å². The topological polar surface area (TPSA) is 108 Å². The molecule has 4 N–H and O–H groups in total. The maximum atomic E-state index is 6.16. The first-order valence-corrected chi connectivity index (χ1v) is 9.65. The maximum Gasteiger partial charge on any atom is 0.228 e. The molecule has 1 saturated heterocycles. The van der Waals surface area contributed by atoms with Crippen molar-refractivity contribution in [2.24, 2.45) is 0 Å². The summed E-state index contributed by atoms with van der Waals surface area (Å²) in [4.78, 5) is 16.6. The maximum absolute atomic E-state index is 6.16. The second-order valence-electron chi connectivity index (χ2n) is 7.03. The van der Waals surface area contributed by atoms with Crippen LogP contribution in [-0.4, -0.2) is 52.0 Å². The van der Waals surface area contributed by atoms with Gasteiger partial charge in [-0.15, -0.1) is 0 Å². The smallest absolute Gasteiger partial charge is 0.228 e. The second kappa shape index (κ2) is 7.55. The van der Waals surface area contributed by atoms with Gasteiger partial charge in [0.2, 0.25) is 5.95 Å². The molecule has 3 heterocycles. The van der Waals surface area contributed by atoms with Crippen molar-refractivity contribution in [1.29, 1.82) is 0 Å². The molecular weight excluding hydrogens is 354 g/mol. The van der Waals surface area contributed by atoms with Gasteiger partial charge >= 0.3 is 0 Å². The van der Waals surface area contributed by atoms with E-state index in [4.69, 9.17) is 25.8 Å². The number of aromatic nitrogens is 4. The molecule has 0 spiro atoms. The van der Waals surface area contributed by atoms with Gasteiger partial charge in [0.15, 0.2) is 11.9 Å². The second-order valence-corrected chi connectivity index (χ2v) is 7.03. The monoisotopic (exact) mass is 380 g/mol. The summed E-state index contributed by atoms with van der Waals surface area (Å²) in [5.74, 6) is 0.682. The van der Waals surface area contributed by atoms with Crippen LogP contribution in [0.2, 0.25) is 0 Å². The van der Waals surface area contributed by atoms with Crippen molar-refractivity contribution in [1.82, 2.24) is 19.5 Å². The van der Waals surface area contributed by atoms with E-state index in [2.05, 4.69) is 28.3 Å². The highest BCUT2D eigenvalue weighted by Gasteiger charge is 2.23. The minimum Gasteiger partial charge on any atom is -0.398 e. The third-order valence-corrected chi connectivity index (χ3v) is 5.33. The lowest BCUT2D eigenvalue weighted by atomic mass is 10.0. The lowest BCUT2D eigenvalue weighted by Gasteiger charge is -2.27. The molecular formula is C20H26N7O+. The van der Waals surface area contributed by atoms with Crippen molar-refractivity contribution in [3.8, 4) is 11.3 Å². The Bertz CT molecular complexity index is 1010. The van der Waals surface area contributed by atoms with Gasteiger partial charge in [-0.3, -0.25) is 5.41 Å². The van der Waals surface area contributed by atoms with Crippen LogP contribution in [-0.2, 0) is 4.74 Å². The predicted octanol–water partition coefficient (Wildman–Crippen LogP) is 1.06. The fraction of sp³-hybridized carbons (Fsp3) is 0.400. The number of nitrogens with zero attached hydrogens (tertiary/aromatic N) is 5. The SMILES string of the molecule is CCC(C)n1cnc2c(-c3cccc(N)c3C=[NH2+])nc(N3CCOCC3)nc21. The van der Waals surface area contributed by atoms with Crippen LogP contribution in [0.25, 0.3) is 22.4 Å². The third-order valence-electron chi connectivity index (χ3n) is 5.33. The van der Waals surface area contributed by atoms with Gasteiger partial charge < -0.3 is 19.9 Å². The molecule has 0 bridgehead atoms. The minimum atomic E-state index is 0.284. The van der Waals surface area contributed by atoms with Crippen LogP contribution < -0.4 is 16.0 Å². The molecule has 8 heteroatoms. The first-order valence-electron chi connectivity index (χ1n) is 9.65. The Kier molecular flexibility index (Phi) is 4.95. The molecule has 1 aromatic carbocycles. The largest absolute Gasteiger partial charge is 0.398 e. The van der Waals surface area contributed by atoms with Gasteiger partial charge in [-0.25, -0.2) is 9.97 Å². The summed E-state index contributed by atoms with van der Waals surface area (Å²) in [5.41, 5.74) is 10.7. The van der Waals surface area contributed by atoms with Crippen LogP contribution in [0.1, 0.15) is 31.9 Å². The molecule has 1 unspecified atom stereocenters. The van der Waals surface area contributed by atoms with E-state index in [1.165, 1.54) is 6.21 Å². The standard InChI is InChI=1S/C20H25N7O/c1-3-13(2)27-12-23-18-17(14-5-4-6-16(22)15(14)11-21)24-20(25-19(18)27)26-7-9-28-10-8-26/h4-6,11-13,21H,3,7-10,22H2,1-2H3/p+1. The Hall–Kier alpha value is -3.00. The summed E-state index contributed by atoms with van der Waals surface area (Å²) < 4.78 is 7.60. The zero-order chi connectivity index (χ0) is 19.7. The lowest BCUT2D eigenvalue weighted by molar-refractivity contribution is -0.104. The Balaban J connectivity index is 1.98. The average Bonchev–Trinajstić information content (AvgIpc) is 3.17. The van der Waals surface area contributed by atoms with Gasteiger partial charge in [0.1, 0.15) is 11.2 Å². The minimum absolute atomic E-state index is 0.284. The third kappa shape index (κ3) is 3.09. The first kappa shape index (κ1) is 18.4. The molecule has 0 aliphatic carbocycles. The molecule has 1 aliphatic heterocycles. The highest BCUT2D eigenvalue weighted by molar-refractivity contribution is 5.98. The van der Waals surface area contributed by atoms with Crippen molar-refractivity contribution in [3.05, 3.63) is 30.1 Å². The number of imidazole rings is 1. The Morgan fingerprint density at radius 1 is 1.29 bits per heavy atom. The van der Waals surface area contributed by atoms with E-state index in [1.807, 2.05) is 24.5 Å². The number of morpholine rings is 1. The molecule has 0 saturated carbocycles. The van der Waals surface area contributed by atoms with Crippen molar-refractivity contribution in [2.45, 2.75) is 26.3 Å². The summed E-state index contributed by atoms with van der Waals surface area (Å²) in [5, 5.41) is 5.89. The van der Waals surface area contributed by atoms with E-state index in [0.717, 1.165) is 47.5 Å². The summed E-state index contributed by atoms with van der Waals surface area (Å²) in [6, 6.07) is 6.00. The number of nitrogen functional groups attached to an aromatic ring is 1. The Labute approximate surface area is 163 Å². The van der Waals surface area contributed by atoms with Crippen LogP contribution in [0.4, 0.5) is 11.6 Å². The van der Waals surface area contributed by atoms with Crippen molar-refractivity contribution < 1.29 is 10.1 Å². The fourth-order valence-electron chi connectivity index (χ4n) is 3.49. The van der Waals surface area contributed by atoms with E-state index < -0.39 is 0 Å². The number of fused-ring (bicyclic) bond motifs is 1. The van der Waals surface area contributed by atoms with Gasteiger partial charge in [-0.05, 0) is 19.4 Å². The first-order chi connectivity index (χ1) is 13.6. The van der Waals surface area contributed by atoms with Crippen LogP contribution >= 0.6 is 0 Å². The van der Waals surface area contributed by atoms with E-state index in [9.17, 15) is 0 Å². The highest BCUT2D eigenvalue weighted by Crippen LogP contribution is 2.32. The molecule has 3 aromatic rings. The quantitative estimate of drug-likeness (QED) is 0.506. The van der Waals surface area contributed by atoms with Crippen LogP contribution in [0.5, 0.6) is 0 Å². The lowest BCUT2D eigenvalue weighted by Crippen LogP contribution is -2.37. The summed E-state index contributed by atoms with van der Waals surface area (Å²) in [7, 11) is 0. The van der Waals surface area contributed by atoms with Crippen LogP contribution in [0, 0.1) is 0 Å². The number of benzene rings is 1. The molecule has 28 heavy (non-hydrogen) atoms. The zero-order valence-corrected chi connectivity index (χ0v) is 16.3. The molecule has 0 radical (unpaired) electrons. The molecule has 2 aromatic heterocycles. The Morgan fingerprint density at radius 3 is 2.79 bits per heavy atom. The van der Waals surface area contributed by atoms with Crippen molar-refractivity contribution >= 4 is 29.0 Å². The molecule has 1 atom stereocenters.